The number of hydrogen-bond acceptors (Lipinski definition) is 5. The van der Waals surface area contributed by atoms with Crippen LogP contribution in [0.4, 0.5) is 0 Å². The summed E-state index contributed by atoms with van der Waals surface area (Å²) in [7, 11) is 0. The molecular formula is C18H23N5O. The zero-order valence-corrected chi connectivity index (χ0v) is 13.9. The topological polar surface area (TPSA) is 77.1 Å². The van der Waals surface area contributed by atoms with Crippen LogP contribution in [-0.4, -0.2) is 57.0 Å². The fourth-order valence-electron chi connectivity index (χ4n) is 3.54. The third-order valence-corrected chi connectivity index (χ3v) is 4.90. The summed E-state index contributed by atoms with van der Waals surface area (Å²) in [6.45, 7) is 4.59. The van der Waals surface area contributed by atoms with Crippen LogP contribution in [0.5, 0.6) is 0 Å². The maximum atomic E-state index is 9.87. The smallest absolute Gasteiger partial charge is 0.181 e. The Kier molecular flexibility index (Phi) is 4.08. The van der Waals surface area contributed by atoms with E-state index in [4.69, 9.17) is 0 Å². The third kappa shape index (κ3) is 2.83. The van der Waals surface area contributed by atoms with Crippen LogP contribution in [0.15, 0.2) is 36.2 Å². The number of hydrogen-bond donors (Lipinski definition) is 3. The highest BCUT2D eigenvalue weighted by atomic mass is 16.3. The Morgan fingerprint density at radius 2 is 2.33 bits per heavy atom. The summed E-state index contributed by atoms with van der Waals surface area (Å²) in [5, 5.41) is 21.8. The van der Waals surface area contributed by atoms with E-state index in [0.29, 0.717) is 0 Å². The van der Waals surface area contributed by atoms with E-state index in [-0.39, 0.29) is 12.1 Å². The Morgan fingerprint density at radius 1 is 1.42 bits per heavy atom. The molecule has 6 nitrogen and oxygen atoms in total. The summed E-state index contributed by atoms with van der Waals surface area (Å²) < 4.78 is 0. The first-order valence-electron chi connectivity index (χ1n) is 8.59. The molecule has 0 saturated carbocycles. The van der Waals surface area contributed by atoms with Gasteiger partial charge in [0, 0.05) is 36.9 Å². The molecule has 2 atom stereocenters. The van der Waals surface area contributed by atoms with Crippen molar-refractivity contribution < 1.29 is 5.11 Å². The zero-order chi connectivity index (χ0) is 16.5. The highest BCUT2D eigenvalue weighted by molar-refractivity contribution is 5.91. The molecule has 0 radical (unpaired) electrons. The van der Waals surface area contributed by atoms with Crippen molar-refractivity contribution in [3.05, 3.63) is 41.9 Å². The number of piperazine rings is 1. The van der Waals surface area contributed by atoms with Crippen LogP contribution >= 0.6 is 0 Å². The molecule has 3 heterocycles. The molecule has 2 aromatic rings. The van der Waals surface area contributed by atoms with Gasteiger partial charge in [-0.05, 0) is 43.5 Å². The van der Waals surface area contributed by atoms with Gasteiger partial charge < -0.3 is 15.3 Å². The number of fused-ring (bicyclic) bond motifs is 1. The Morgan fingerprint density at radius 3 is 3.21 bits per heavy atom. The van der Waals surface area contributed by atoms with Crippen molar-refractivity contribution in [1.82, 2.24) is 25.4 Å². The molecule has 1 saturated heterocycles. The van der Waals surface area contributed by atoms with Crippen LogP contribution in [0.25, 0.3) is 16.6 Å². The largest absolute Gasteiger partial charge is 0.392 e. The molecule has 126 valence electrons. The van der Waals surface area contributed by atoms with Gasteiger partial charge in [0.2, 0.25) is 0 Å². The third-order valence-electron chi connectivity index (χ3n) is 4.90. The monoisotopic (exact) mass is 325 g/mol. The summed E-state index contributed by atoms with van der Waals surface area (Å²) in [6, 6.07) is 4.13. The lowest BCUT2D eigenvalue weighted by atomic mass is 9.98. The van der Waals surface area contributed by atoms with Gasteiger partial charge in [0.25, 0.3) is 0 Å². The second kappa shape index (κ2) is 6.37. The maximum Gasteiger partial charge on any atom is 0.181 e. The summed E-state index contributed by atoms with van der Waals surface area (Å²) in [5.74, 6) is 0. The lowest BCUT2D eigenvalue weighted by Crippen LogP contribution is -2.54. The zero-order valence-electron chi connectivity index (χ0n) is 13.9. The van der Waals surface area contributed by atoms with Gasteiger partial charge in [-0.2, -0.15) is 5.10 Å². The van der Waals surface area contributed by atoms with E-state index in [2.05, 4.69) is 43.6 Å². The van der Waals surface area contributed by atoms with E-state index >= 15 is 0 Å². The van der Waals surface area contributed by atoms with Gasteiger partial charge in [-0.1, -0.05) is 6.08 Å². The number of nitrogens with one attached hydrogen (secondary N) is 2. The van der Waals surface area contributed by atoms with Crippen LogP contribution < -0.4 is 5.32 Å². The van der Waals surface area contributed by atoms with Crippen molar-refractivity contribution in [2.24, 2.45) is 0 Å². The first-order valence-corrected chi connectivity index (χ1v) is 8.59. The molecule has 0 spiro atoms. The number of rotatable bonds is 3. The first-order chi connectivity index (χ1) is 11.7. The number of allylic oxidation sites excluding steroid dienone is 4. The highest BCUT2D eigenvalue weighted by Crippen LogP contribution is 2.30. The number of aliphatic hydroxyl groups is 1. The molecule has 0 bridgehead atoms. The van der Waals surface area contributed by atoms with E-state index in [0.717, 1.165) is 49.2 Å². The molecular weight excluding hydrogens is 302 g/mol. The molecule has 4 rings (SSSR count). The molecule has 1 aliphatic heterocycles. The molecule has 2 aliphatic rings. The van der Waals surface area contributed by atoms with Crippen molar-refractivity contribution in [3.63, 3.8) is 0 Å². The van der Waals surface area contributed by atoms with Crippen molar-refractivity contribution in [2.75, 3.05) is 19.6 Å². The van der Waals surface area contributed by atoms with Gasteiger partial charge in [-0.15, -0.1) is 0 Å². The van der Waals surface area contributed by atoms with Gasteiger partial charge in [0.05, 0.1) is 17.8 Å². The summed E-state index contributed by atoms with van der Waals surface area (Å²) in [4.78, 5) is 6.70. The Balaban J connectivity index is 1.61. The fourth-order valence-corrected chi connectivity index (χ4v) is 3.54. The van der Waals surface area contributed by atoms with Crippen molar-refractivity contribution in [2.45, 2.75) is 31.9 Å². The predicted octanol–water partition coefficient (Wildman–Crippen LogP) is 1.67. The average Bonchev–Trinajstić information content (AvgIpc) is 3.06. The molecule has 0 amide bonds. The van der Waals surface area contributed by atoms with Gasteiger partial charge in [-0.25, -0.2) is 4.98 Å². The minimum atomic E-state index is -0.338. The van der Waals surface area contributed by atoms with E-state index in [1.807, 2.05) is 13.0 Å². The van der Waals surface area contributed by atoms with E-state index < -0.39 is 0 Å². The average molecular weight is 325 g/mol. The van der Waals surface area contributed by atoms with Crippen LogP contribution in [-0.2, 0) is 0 Å². The maximum absolute atomic E-state index is 9.87. The van der Waals surface area contributed by atoms with Gasteiger partial charge in [0.15, 0.2) is 5.65 Å². The number of H-pyrrole nitrogens is 1. The SMILES string of the molecule is CC(O)C1CN(C2=CC(c3[nH]nc4ncccc34)=CCC2)CCN1. The molecule has 1 aliphatic carbocycles. The fraction of sp³-hybridized carbons (Fsp3) is 0.444. The predicted molar refractivity (Wildman–Crippen MR) is 94.2 cm³/mol. The van der Waals surface area contributed by atoms with Crippen molar-refractivity contribution >= 4 is 16.6 Å². The van der Waals surface area contributed by atoms with Gasteiger partial charge in [-0.3, -0.25) is 5.10 Å². The van der Waals surface area contributed by atoms with E-state index in [1.54, 1.807) is 6.20 Å². The normalized spacial score (nSPS) is 23.1. The Bertz CT molecular complexity index is 792. The Labute approximate surface area is 141 Å². The van der Waals surface area contributed by atoms with Crippen LogP contribution in [0, 0.1) is 0 Å². The van der Waals surface area contributed by atoms with Crippen LogP contribution in [0.2, 0.25) is 0 Å². The summed E-state index contributed by atoms with van der Waals surface area (Å²) >= 11 is 0. The standard InChI is InChI=1S/C18H23N5O/c1-12(24)16-11-23(9-8-19-16)14-5-2-4-13(10-14)17-15-6-3-7-20-18(15)22-21-17/h3-4,6-7,10,12,16,19,24H,2,5,8-9,11H2,1H3,(H,20,21,22). The second-order valence-corrected chi connectivity index (χ2v) is 6.55. The minimum absolute atomic E-state index is 0.131. The number of nitrogens with zero attached hydrogens (tertiary/aromatic N) is 3. The van der Waals surface area contributed by atoms with Crippen LogP contribution in [0.1, 0.15) is 25.5 Å². The molecule has 3 N–H and O–H groups in total. The van der Waals surface area contributed by atoms with Gasteiger partial charge in [0.1, 0.15) is 0 Å². The number of aromatic nitrogens is 3. The molecule has 0 aromatic carbocycles. The molecule has 6 heteroatoms. The van der Waals surface area contributed by atoms with E-state index in [9.17, 15) is 5.11 Å². The quantitative estimate of drug-likeness (QED) is 0.800. The number of pyridine rings is 1. The van der Waals surface area contributed by atoms with Crippen molar-refractivity contribution in [1.29, 1.82) is 0 Å². The molecule has 24 heavy (non-hydrogen) atoms. The Hall–Kier alpha value is -2.18. The lowest BCUT2D eigenvalue weighted by molar-refractivity contribution is 0.103. The lowest BCUT2D eigenvalue weighted by Gasteiger charge is -2.38. The number of aliphatic hydroxyl groups excluding tert-OH is 1. The van der Waals surface area contributed by atoms with Gasteiger partial charge >= 0.3 is 0 Å². The first kappa shape index (κ1) is 15.4. The molecule has 2 unspecified atom stereocenters. The minimum Gasteiger partial charge on any atom is -0.392 e. The molecule has 1 fully saturated rings. The highest BCUT2D eigenvalue weighted by Gasteiger charge is 2.25. The number of aromatic amines is 1. The van der Waals surface area contributed by atoms with Crippen LogP contribution in [0.3, 0.4) is 0 Å². The van der Waals surface area contributed by atoms with E-state index in [1.165, 1.54) is 11.3 Å². The second-order valence-electron chi connectivity index (χ2n) is 6.55. The summed E-state index contributed by atoms with van der Waals surface area (Å²) in [6.07, 6.45) is 8.01. The van der Waals surface area contributed by atoms with Crippen molar-refractivity contribution in [3.8, 4) is 0 Å². The molecule has 2 aromatic heterocycles. The summed E-state index contributed by atoms with van der Waals surface area (Å²) in [5.41, 5.74) is 4.31.